The molecule has 31 heavy (non-hydrogen) atoms. The average Bonchev–Trinajstić information content (AvgIpc) is 2.69. The van der Waals surface area contributed by atoms with Crippen molar-refractivity contribution in [1.29, 1.82) is 0 Å². The lowest BCUT2D eigenvalue weighted by atomic mass is 9.92. The molecular formula is C21H37N3O7. The summed E-state index contributed by atoms with van der Waals surface area (Å²) in [6.07, 6.45) is 4.05. The molecule has 1 aliphatic carbocycles. The Bertz CT molecular complexity index is 615. The van der Waals surface area contributed by atoms with Crippen molar-refractivity contribution < 1.29 is 33.7 Å². The van der Waals surface area contributed by atoms with E-state index in [2.05, 4.69) is 10.6 Å². The minimum atomic E-state index is -1.17. The van der Waals surface area contributed by atoms with Crippen molar-refractivity contribution >= 4 is 18.2 Å². The molecule has 2 aliphatic rings. The molecule has 2 atom stereocenters. The lowest BCUT2D eigenvalue weighted by Crippen LogP contribution is -2.56. The third-order valence-corrected chi connectivity index (χ3v) is 5.60. The molecule has 0 aromatic heterocycles. The first-order chi connectivity index (χ1) is 14.5. The second-order valence-electron chi connectivity index (χ2n) is 9.28. The highest BCUT2D eigenvalue weighted by molar-refractivity contribution is 5.74. The maximum atomic E-state index is 12.1. The van der Waals surface area contributed by atoms with Crippen molar-refractivity contribution in [3.63, 3.8) is 0 Å². The Morgan fingerprint density at radius 1 is 1.13 bits per heavy atom. The van der Waals surface area contributed by atoms with Crippen LogP contribution in [0, 0.1) is 0 Å². The normalized spacial score (nSPS) is 26.6. The predicted octanol–water partition coefficient (Wildman–Crippen LogP) is 2.11. The number of alkyl carbamates (subject to hydrolysis) is 1. The van der Waals surface area contributed by atoms with Gasteiger partial charge in [-0.2, -0.15) is 0 Å². The van der Waals surface area contributed by atoms with Gasteiger partial charge in [-0.1, -0.05) is 0 Å². The zero-order valence-corrected chi connectivity index (χ0v) is 19.0. The average molecular weight is 444 g/mol. The van der Waals surface area contributed by atoms with Gasteiger partial charge in [-0.25, -0.2) is 14.4 Å². The van der Waals surface area contributed by atoms with Crippen LogP contribution in [0.25, 0.3) is 0 Å². The Morgan fingerprint density at radius 3 is 2.42 bits per heavy atom. The van der Waals surface area contributed by atoms with Crippen molar-refractivity contribution in [3.8, 4) is 0 Å². The molecule has 3 N–H and O–H groups in total. The first kappa shape index (κ1) is 25.2. The molecule has 0 spiro atoms. The minimum absolute atomic E-state index is 0.00975. The standard InChI is InChI=1S/C21H37N3O7/c1-21(2,3)31-19(27)23-16-6-5-11-22-17(16)12-29-15-9-7-14(8-10-15)24(4)20(28)30-13-18(25)26/h14-17,22H,5-13H2,1-4H3,(H,23,27)(H,25,26). The minimum Gasteiger partial charge on any atom is -0.479 e. The zero-order chi connectivity index (χ0) is 23.0. The lowest BCUT2D eigenvalue weighted by molar-refractivity contribution is -0.140. The third kappa shape index (κ3) is 8.90. The molecule has 1 aliphatic heterocycles. The molecule has 0 aromatic carbocycles. The van der Waals surface area contributed by atoms with E-state index >= 15 is 0 Å². The van der Waals surface area contributed by atoms with E-state index in [1.54, 1.807) is 7.05 Å². The SMILES string of the molecule is CN(C(=O)OCC(=O)O)C1CCC(OCC2NCCCC2NC(=O)OC(C)(C)C)CC1. The zero-order valence-electron chi connectivity index (χ0n) is 19.0. The van der Waals surface area contributed by atoms with E-state index in [1.165, 1.54) is 4.90 Å². The molecule has 1 heterocycles. The van der Waals surface area contributed by atoms with Gasteiger partial charge in [-0.3, -0.25) is 0 Å². The molecule has 2 rings (SSSR count). The van der Waals surface area contributed by atoms with Gasteiger partial charge >= 0.3 is 18.2 Å². The number of carboxylic acids is 1. The smallest absolute Gasteiger partial charge is 0.410 e. The number of carboxylic acid groups (broad SMARTS) is 1. The van der Waals surface area contributed by atoms with Gasteiger partial charge < -0.3 is 34.9 Å². The molecular weight excluding hydrogens is 406 g/mol. The number of hydrogen-bond donors (Lipinski definition) is 3. The van der Waals surface area contributed by atoms with Crippen LogP contribution in [-0.2, 0) is 19.0 Å². The van der Waals surface area contributed by atoms with Crippen molar-refractivity contribution in [2.75, 3.05) is 26.8 Å². The fourth-order valence-corrected chi connectivity index (χ4v) is 3.97. The van der Waals surface area contributed by atoms with Crippen LogP contribution >= 0.6 is 0 Å². The summed E-state index contributed by atoms with van der Waals surface area (Å²) in [7, 11) is 1.63. The molecule has 2 fully saturated rings. The predicted molar refractivity (Wildman–Crippen MR) is 113 cm³/mol. The second-order valence-corrected chi connectivity index (χ2v) is 9.28. The van der Waals surface area contributed by atoms with Gasteiger partial charge in [0.25, 0.3) is 0 Å². The van der Waals surface area contributed by atoms with Crippen LogP contribution in [0.5, 0.6) is 0 Å². The van der Waals surface area contributed by atoms with Crippen LogP contribution < -0.4 is 10.6 Å². The highest BCUT2D eigenvalue weighted by Gasteiger charge is 2.31. The lowest BCUT2D eigenvalue weighted by Gasteiger charge is -2.37. The number of ether oxygens (including phenoxy) is 3. The highest BCUT2D eigenvalue weighted by atomic mass is 16.6. The topological polar surface area (TPSA) is 126 Å². The van der Waals surface area contributed by atoms with Gasteiger partial charge in [0.15, 0.2) is 6.61 Å². The van der Waals surface area contributed by atoms with Gasteiger partial charge in [0.1, 0.15) is 5.60 Å². The van der Waals surface area contributed by atoms with Gasteiger partial charge in [0, 0.05) is 19.1 Å². The van der Waals surface area contributed by atoms with Crippen LogP contribution in [0.1, 0.15) is 59.3 Å². The Labute approximate surface area is 184 Å². The van der Waals surface area contributed by atoms with Gasteiger partial charge in [0.05, 0.1) is 18.8 Å². The summed E-state index contributed by atoms with van der Waals surface area (Å²) in [4.78, 5) is 36.1. The summed E-state index contributed by atoms with van der Waals surface area (Å²) in [6.45, 7) is 6.26. The summed E-state index contributed by atoms with van der Waals surface area (Å²) in [6, 6.07) is -0.0155. The maximum absolute atomic E-state index is 12.1. The van der Waals surface area contributed by atoms with Crippen molar-refractivity contribution in [1.82, 2.24) is 15.5 Å². The molecule has 178 valence electrons. The Morgan fingerprint density at radius 2 is 1.81 bits per heavy atom. The van der Waals surface area contributed by atoms with Gasteiger partial charge in [0.2, 0.25) is 0 Å². The first-order valence-corrected chi connectivity index (χ1v) is 11.0. The summed E-state index contributed by atoms with van der Waals surface area (Å²) in [5.41, 5.74) is -0.538. The number of hydrogen-bond acceptors (Lipinski definition) is 7. The van der Waals surface area contributed by atoms with Gasteiger partial charge in [-0.05, 0) is 65.8 Å². The van der Waals surface area contributed by atoms with Crippen LogP contribution in [0.3, 0.4) is 0 Å². The van der Waals surface area contributed by atoms with Gasteiger partial charge in [-0.15, -0.1) is 0 Å². The monoisotopic (exact) mass is 443 g/mol. The van der Waals surface area contributed by atoms with E-state index in [0.29, 0.717) is 6.61 Å². The van der Waals surface area contributed by atoms with Crippen LogP contribution in [0.15, 0.2) is 0 Å². The van der Waals surface area contributed by atoms with Crippen molar-refractivity contribution in [2.24, 2.45) is 0 Å². The van der Waals surface area contributed by atoms with Crippen LogP contribution in [0.2, 0.25) is 0 Å². The molecule has 10 nitrogen and oxygen atoms in total. The van der Waals surface area contributed by atoms with E-state index in [-0.39, 0.29) is 24.2 Å². The fraction of sp³-hybridized carbons (Fsp3) is 0.857. The summed E-state index contributed by atoms with van der Waals surface area (Å²) in [5.74, 6) is -1.17. The molecule has 10 heteroatoms. The Kier molecular flexibility index (Phi) is 9.36. The van der Waals surface area contributed by atoms with Crippen molar-refractivity contribution in [3.05, 3.63) is 0 Å². The Hall–Kier alpha value is -2.07. The highest BCUT2D eigenvalue weighted by Crippen LogP contribution is 2.25. The summed E-state index contributed by atoms with van der Waals surface area (Å²) < 4.78 is 16.3. The number of carbonyl (C=O) groups excluding carboxylic acids is 2. The molecule has 2 unspecified atom stereocenters. The molecule has 0 bridgehead atoms. The number of amides is 2. The van der Waals surface area contributed by atoms with E-state index in [4.69, 9.17) is 19.3 Å². The maximum Gasteiger partial charge on any atom is 0.410 e. The second kappa shape index (κ2) is 11.5. The van der Waals surface area contributed by atoms with Crippen LogP contribution in [-0.4, -0.2) is 84.8 Å². The van der Waals surface area contributed by atoms with E-state index in [9.17, 15) is 14.4 Å². The van der Waals surface area contributed by atoms with E-state index < -0.39 is 30.4 Å². The van der Waals surface area contributed by atoms with Crippen molar-refractivity contribution in [2.45, 2.75) is 89.1 Å². The molecule has 2 amide bonds. The molecule has 1 saturated carbocycles. The number of nitrogens with one attached hydrogen (secondary N) is 2. The summed E-state index contributed by atoms with van der Waals surface area (Å²) >= 11 is 0. The molecule has 0 radical (unpaired) electrons. The van der Waals surface area contributed by atoms with E-state index in [0.717, 1.165) is 45.1 Å². The molecule has 1 saturated heterocycles. The summed E-state index contributed by atoms with van der Waals surface area (Å²) in [5, 5.41) is 15.0. The van der Waals surface area contributed by atoms with Crippen LogP contribution in [0.4, 0.5) is 9.59 Å². The largest absolute Gasteiger partial charge is 0.479 e. The fourth-order valence-electron chi connectivity index (χ4n) is 3.97. The molecule has 0 aromatic rings. The third-order valence-electron chi connectivity index (χ3n) is 5.60. The number of rotatable bonds is 7. The Balaban J connectivity index is 1.74. The number of piperidine rings is 1. The number of aliphatic carboxylic acids is 1. The quantitative estimate of drug-likeness (QED) is 0.546. The van der Waals surface area contributed by atoms with E-state index in [1.807, 2.05) is 20.8 Å². The number of nitrogens with zero attached hydrogens (tertiary/aromatic N) is 1. The first-order valence-electron chi connectivity index (χ1n) is 11.0. The number of carbonyl (C=O) groups is 3.